The number of rotatable bonds is 21. The highest BCUT2D eigenvalue weighted by atomic mass is 35.5. The van der Waals surface area contributed by atoms with Gasteiger partial charge in [0, 0.05) is 0 Å². The van der Waals surface area contributed by atoms with Crippen molar-refractivity contribution in [2.45, 2.75) is 130 Å². The summed E-state index contributed by atoms with van der Waals surface area (Å²) in [6.07, 6.45) is 24.2. The Morgan fingerprint density at radius 3 is 1.42 bits per heavy atom. The van der Waals surface area contributed by atoms with Gasteiger partial charge in [-0.05, 0) is 56.6 Å². The summed E-state index contributed by atoms with van der Waals surface area (Å²) in [5, 5.41) is 0. The largest absolute Gasteiger partial charge is 1.00 e. The van der Waals surface area contributed by atoms with Gasteiger partial charge in [0.1, 0.15) is 0 Å². The standard InChI is InChI=1S/C29H53N.ClH/c1-4-25-30(26-5-2)27-21-17-15-13-11-9-7-6-8-10-12-14-16-18-23-29-24-20-19-22-28(29)3;/h19-20,22,24H,4-18,21,23,25-27H2,1-3H3;1H. The molecule has 1 N–H and O–H groups in total. The van der Waals surface area contributed by atoms with Crippen molar-refractivity contribution in [3.05, 3.63) is 35.4 Å². The summed E-state index contributed by atoms with van der Waals surface area (Å²) in [6, 6.07) is 8.87. The second-order valence-corrected chi connectivity index (χ2v) is 9.63. The van der Waals surface area contributed by atoms with Crippen LogP contribution < -0.4 is 17.3 Å². The Bertz CT molecular complexity index is 481. The van der Waals surface area contributed by atoms with Crippen LogP contribution in [0.4, 0.5) is 0 Å². The van der Waals surface area contributed by atoms with Gasteiger partial charge in [-0.15, -0.1) is 0 Å². The van der Waals surface area contributed by atoms with Crippen LogP contribution in [0.2, 0.25) is 0 Å². The van der Waals surface area contributed by atoms with E-state index in [9.17, 15) is 0 Å². The lowest BCUT2D eigenvalue weighted by molar-refractivity contribution is -0.900. The van der Waals surface area contributed by atoms with E-state index in [4.69, 9.17) is 0 Å². The lowest BCUT2D eigenvalue weighted by atomic mass is 10.0. The van der Waals surface area contributed by atoms with Gasteiger partial charge >= 0.3 is 0 Å². The van der Waals surface area contributed by atoms with E-state index in [0.717, 1.165) is 0 Å². The molecule has 0 aromatic heterocycles. The molecule has 0 bridgehead atoms. The van der Waals surface area contributed by atoms with E-state index in [2.05, 4.69) is 45.0 Å². The van der Waals surface area contributed by atoms with Crippen LogP contribution in [0.25, 0.3) is 0 Å². The van der Waals surface area contributed by atoms with Crippen molar-refractivity contribution in [1.82, 2.24) is 0 Å². The lowest BCUT2D eigenvalue weighted by Gasteiger charge is -2.17. The van der Waals surface area contributed by atoms with Crippen LogP contribution in [0, 0.1) is 6.92 Å². The van der Waals surface area contributed by atoms with Gasteiger partial charge in [0.2, 0.25) is 0 Å². The highest BCUT2D eigenvalue weighted by Crippen LogP contribution is 2.15. The molecule has 0 amide bonds. The zero-order chi connectivity index (χ0) is 21.7. The van der Waals surface area contributed by atoms with Crippen molar-refractivity contribution >= 4 is 0 Å². The maximum atomic E-state index is 2.32. The molecule has 182 valence electrons. The van der Waals surface area contributed by atoms with E-state index in [0.29, 0.717) is 0 Å². The Balaban J connectivity index is 0.00000900. The van der Waals surface area contributed by atoms with Gasteiger partial charge in [-0.2, -0.15) is 0 Å². The minimum atomic E-state index is 0. The van der Waals surface area contributed by atoms with Crippen LogP contribution in [0.15, 0.2) is 24.3 Å². The minimum absolute atomic E-state index is 0. The highest BCUT2D eigenvalue weighted by molar-refractivity contribution is 5.25. The average Bonchev–Trinajstić information content (AvgIpc) is 2.75. The minimum Gasteiger partial charge on any atom is -1.00 e. The number of aryl methyl sites for hydroxylation is 2. The Morgan fingerprint density at radius 1 is 0.548 bits per heavy atom. The summed E-state index contributed by atoms with van der Waals surface area (Å²) in [6.45, 7) is 11.1. The number of halogens is 1. The third kappa shape index (κ3) is 17.7. The van der Waals surface area contributed by atoms with Crippen molar-refractivity contribution < 1.29 is 17.3 Å². The van der Waals surface area contributed by atoms with Crippen molar-refractivity contribution in [1.29, 1.82) is 0 Å². The summed E-state index contributed by atoms with van der Waals surface area (Å²) in [5.41, 5.74) is 3.01. The molecule has 1 rings (SSSR count). The van der Waals surface area contributed by atoms with E-state index in [1.165, 1.54) is 134 Å². The SMILES string of the molecule is CCC[NH+](CCC)CCCCCCCCCCCCCCCCc1ccccc1C.[Cl-]. The smallest absolute Gasteiger partial charge is 0.0770 e. The van der Waals surface area contributed by atoms with E-state index >= 15 is 0 Å². The van der Waals surface area contributed by atoms with Crippen molar-refractivity contribution in [2.24, 2.45) is 0 Å². The molecule has 2 heteroatoms. The molecule has 0 heterocycles. The molecule has 0 aliphatic carbocycles. The van der Waals surface area contributed by atoms with Crippen LogP contribution in [0.1, 0.15) is 128 Å². The second kappa shape index (κ2) is 22.7. The average molecular weight is 452 g/mol. The zero-order valence-electron chi connectivity index (χ0n) is 21.3. The first kappa shape index (κ1) is 30.5. The molecule has 0 radical (unpaired) electrons. The van der Waals surface area contributed by atoms with Gasteiger partial charge in [0.15, 0.2) is 0 Å². The fraction of sp³-hybridized carbons (Fsp3) is 0.793. The van der Waals surface area contributed by atoms with Crippen molar-refractivity contribution in [3.63, 3.8) is 0 Å². The van der Waals surface area contributed by atoms with E-state index in [1.807, 2.05) is 4.90 Å². The zero-order valence-corrected chi connectivity index (χ0v) is 22.1. The Morgan fingerprint density at radius 2 is 0.968 bits per heavy atom. The van der Waals surface area contributed by atoms with E-state index < -0.39 is 0 Å². The fourth-order valence-electron chi connectivity index (χ4n) is 4.78. The van der Waals surface area contributed by atoms with Crippen LogP contribution in [-0.2, 0) is 6.42 Å². The molecule has 1 aromatic rings. The predicted molar refractivity (Wildman–Crippen MR) is 136 cm³/mol. The molecule has 0 aliphatic rings. The monoisotopic (exact) mass is 451 g/mol. The van der Waals surface area contributed by atoms with Crippen LogP contribution in [-0.4, -0.2) is 19.6 Å². The van der Waals surface area contributed by atoms with Crippen LogP contribution in [0.5, 0.6) is 0 Å². The molecule has 0 atom stereocenters. The third-order valence-corrected chi connectivity index (χ3v) is 6.69. The van der Waals surface area contributed by atoms with Gasteiger partial charge in [0.05, 0.1) is 19.6 Å². The molecule has 31 heavy (non-hydrogen) atoms. The van der Waals surface area contributed by atoms with Gasteiger partial charge in [-0.1, -0.05) is 109 Å². The number of hydrogen-bond donors (Lipinski definition) is 1. The summed E-state index contributed by atoms with van der Waals surface area (Å²) < 4.78 is 0. The predicted octanol–water partition coefficient (Wildman–Crippen LogP) is 4.71. The Hall–Kier alpha value is -0.530. The maximum Gasteiger partial charge on any atom is 0.0770 e. The van der Waals surface area contributed by atoms with Gasteiger partial charge in [0.25, 0.3) is 0 Å². The highest BCUT2D eigenvalue weighted by Gasteiger charge is 2.04. The summed E-state index contributed by atoms with van der Waals surface area (Å²) in [5.74, 6) is 0. The lowest BCUT2D eigenvalue weighted by Crippen LogP contribution is -3.12. The molecule has 0 fully saturated rings. The molecule has 1 aromatic carbocycles. The van der Waals surface area contributed by atoms with Crippen LogP contribution >= 0.6 is 0 Å². The fourth-order valence-corrected chi connectivity index (χ4v) is 4.78. The molecule has 0 saturated carbocycles. The van der Waals surface area contributed by atoms with Gasteiger partial charge in [-0.25, -0.2) is 0 Å². The molecule has 0 spiro atoms. The quantitative estimate of drug-likeness (QED) is 0.258. The van der Waals surface area contributed by atoms with Gasteiger partial charge < -0.3 is 17.3 Å². The summed E-state index contributed by atoms with van der Waals surface area (Å²) >= 11 is 0. The first-order chi connectivity index (χ1) is 14.8. The molecule has 1 nitrogen and oxygen atoms in total. The second-order valence-electron chi connectivity index (χ2n) is 9.63. The first-order valence-electron chi connectivity index (χ1n) is 13.7. The third-order valence-electron chi connectivity index (χ3n) is 6.69. The van der Waals surface area contributed by atoms with E-state index in [-0.39, 0.29) is 12.4 Å². The maximum absolute atomic E-state index is 2.32. The van der Waals surface area contributed by atoms with Gasteiger partial charge in [-0.3, -0.25) is 0 Å². The molecule has 0 unspecified atom stereocenters. The van der Waals surface area contributed by atoms with Crippen LogP contribution in [0.3, 0.4) is 0 Å². The molecule has 0 aliphatic heterocycles. The Labute approximate surface area is 202 Å². The number of quaternary nitrogens is 1. The number of unbranched alkanes of at least 4 members (excludes halogenated alkanes) is 13. The topological polar surface area (TPSA) is 4.44 Å². The Kier molecular flexibility index (Phi) is 22.3. The number of hydrogen-bond acceptors (Lipinski definition) is 0. The molecular weight excluding hydrogens is 398 g/mol. The van der Waals surface area contributed by atoms with E-state index in [1.54, 1.807) is 5.56 Å². The molecule has 0 saturated heterocycles. The number of nitrogens with one attached hydrogen (secondary N) is 1. The van der Waals surface area contributed by atoms with Crippen molar-refractivity contribution in [3.8, 4) is 0 Å². The number of benzene rings is 1. The molecular formula is C29H54ClN. The first-order valence-corrected chi connectivity index (χ1v) is 13.7. The summed E-state index contributed by atoms with van der Waals surface area (Å²) in [7, 11) is 0. The summed E-state index contributed by atoms with van der Waals surface area (Å²) in [4.78, 5) is 1.84. The van der Waals surface area contributed by atoms with Crippen molar-refractivity contribution in [2.75, 3.05) is 19.6 Å². The normalized spacial score (nSPS) is 11.1.